The van der Waals surface area contributed by atoms with Crippen LogP contribution in [-0.4, -0.2) is 131 Å². The molecule has 3 aliphatic rings. The van der Waals surface area contributed by atoms with E-state index in [-0.39, 0.29) is 5.60 Å². The smallest absolute Gasteiger partial charge is 0.475 e. The van der Waals surface area contributed by atoms with Gasteiger partial charge in [0, 0.05) is 57.2 Å². The standard InChI is InChI=1S/C19H31N3OS.3C2HF3O2/c1-20-9-11-21(12-10-20)14-17-4-2-6-19(23-17)7-8-22(16-19)15-18-5-3-13-24-18;3*3-2(4,5)1(6)7/h3,5,13,17H,2,4,6-12,14-16H2,1H3;3*(H,6,7)/t17-,19+;;;/m0.../s1. The van der Waals surface area contributed by atoms with Gasteiger partial charge in [-0.2, -0.15) is 39.5 Å². The Hall–Kier alpha value is -2.68. The molecule has 4 rings (SSSR count). The molecule has 3 aliphatic heterocycles. The Balaban J connectivity index is 0.000000396. The largest absolute Gasteiger partial charge is 0.490 e. The Morgan fingerprint density at radius 1 is 0.844 bits per heavy atom. The monoisotopic (exact) mass is 691 g/mol. The summed E-state index contributed by atoms with van der Waals surface area (Å²) in [6, 6.07) is 4.42. The topological polar surface area (TPSA) is 131 Å². The highest BCUT2D eigenvalue weighted by Gasteiger charge is 2.43. The third-order valence-corrected chi connectivity index (χ3v) is 7.58. The molecule has 2 atom stereocenters. The summed E-state index contributed by atoms with van der Waals surface area (Å²) in [7, 11) is 2.23. The number of aliphatic carboxylic acids is 3. The van der Waals surface area contributed by atoms with Crippen molar-refractivity contribution in [1.82, 2.24) is 14.7 Å². The molecule has 1 spiro atoms. The van der Waals surface area contributed by atoms with E-state index in [1.54, 1.807) is 0 Å². The maximum Gasteiger partial charge on any atom is 0.490 e. The molecule has 0 aromatic carbocycles. The molecule has 4 heterocycles. The van der Waals surface area contributed by atoms with Gasteiger partial charge in [-0.1, -0.05) is 6.07 Å². The fourth-order valence-corrected chi connectivity index (χ4v) is 5.30. The highest BCUT2D eigenvalue weighted by atomic mass is 32.1. The molecular formula is C25H34F9N3O7S. The second-order valence-electron chi connectivity index (χ2n) is 10.4. The number of halogens is 9. The molecule has 3 saturated heterocycles. The van der Waals surface area contributed by atoms with Crippen LogP contribution >= 0.6 is 11.3 Å². The van der Waals surface area contributed by atoms with E-state index in [2.05, 4.69) is 39.3 Å². The molecule has 0 aliphatic carbocycles. The molecule has 0 saturated carbocycles. The lowest BCUT2D eigenvalue weighted by Gasteiger charge is -2.42. The summed E-state index contributed by atoms with van der Waals surface area (Å²) in [4.78, 5) is 35.8. The molecule has 20 heteroatoms. The number of piperazine rings is 1. The van der Waals surface area contributed by atoms with E-state index in [4.69, 9.17) is 34.4 Å². The average molecular weight is 692 g/mol. The van der Waals surface area contributed by atoms with E-state index in [1.165, 1.54) is 63.3 Å². The molecule has 1 aromatic rings. The van der Waals surface area contributed by atoms with E-state index in [0.717, 1.165) is 19.6 Å². The zero-order valence-electron chi connectivity index (χ0n) is 23.9. The summed E-state index contributed by atoms with van der Waals surface area (Å²) in [5, 5.41) is 23.6. The van der Waals surface area contributed by atoms with E-state index in [0.29, 0.717) is 6.10 Å². The first kappa shape index (κ1) is 40.3. The summed E-state index contributed by atoms with van der Waals surface area (Å²) >= 11 is 1.88. The normalized spacial score (nSPS) is 23.1. The number of likely N-dealkylation sites (N-methyl/N-ethyl adjacent to an activating group) is 1. The van der Waals surface area contributed by atoms with Crippen molar-refractivity contribution in [2.24, 2.45) is 0 Å². The van der Waals surface area contributed by atoms with Crippen molar-refractivity contribution < 1.29 is 74.0 Å². The Bertz CT molecular complexity index is 1010. The highest BCUT2D eigenvalue weighted by Crippen LogP contribution is 2.37. The van der Waals surface area contributed by atoms with Gasteiger partial charge in [-0.25, -0.2) is 14.4 Å². The first-order chi connectivity index (χ1) is 20.5. The molecule has 3 N–H and O–H groups in total. The minimum atomic E-state index is -5.08. The van der Waals surface area contributed by atoms with Crippen LogP contribution in [-0.2, 0) is 25.7 Å². The average Bonchev–Trinajstić information content (AvgIpc) is 3.55. The van der Waals surface area contributed by atoms with Crippen LogP contribution in [0.5, 0.6) is 0 Å². The van der Waals surface area contributed by atoms with Gasteiger partial charge in [-0.05, 0) is 44.2 Å². The molecule has 260 valence electrons. The van der Waals surface area contributed by atoms with Crippen molar-refractivity contribution in [3.8, 4) is 0 Å². The molecular weight excluding hydrogens is 657 g/mol. The van der Waals surface area contributed by atoms with Gasteiger partial charge in [-0.15, -0.1) is 11.3 Å². The van der Waals surface area contributed by atoms with Crippen LogP contribution < -0.4 is 0 Å². The van der Waals surface area contributed by atoms with Crippen molar-refractivity contribution >= 4 is 29.2 Å². The molecule has 1 aromatic heterocycles. The number of carboxylic acid groups (broad SMARTS) is 3. The van der Waals surface area contributed by atoms with Gasteiger partial charge in [0.15, 0.2) is 0 Å². The van der Waals surface area contributed by atoms with E-state index in [9.17, 15) is 39.5 Å². The van der Waals surface area contributed by atoms with Gasteiger partial charge in [-0.3, -0.25) is 9.80 Å². The number of thiophene rings is 1. The minimum absolute atomic E-state index is 0.146. The van der Waals surface area contributed by atoms with Crippen molar-refractivity contribution in [1.29, 1.82) is 0 Å². The lowest BCUT2D eigenvalue weighted by molar-refractivity contribution is -0.193. The molecule has 0 amide bonds. The highest BCUT2D eigenvalue weighted by molar-refractivity contribution is 7.09. The summed E-state index contributed by atoms with van der Waals surface area (Å²) < 4.78 is 102. The number of likely N-dealkylation sites (tertiary alicyclic amines) is 1. The fourth-order valence-electron chi connectivity index (χ4n) is 4.56. The molecule has 0 unspecified atom stereocenters. The SMILES string of the molecule is CN1CCN(C[C@@H]2CCC[C@]3(CCN(Cc4cccs4)C3)O2)CC1.O=C(O)C(F)(F)F.O=C(O)C(F)(F)F.O=C(O)C(F)(F)F. The van der Waals surface area contributed by atoms with Crippen LogP contribution in [0.25, 0.3) is 0 Å². The van der Waals surface area contributed by atoms with Crippen LogP contribution in [0.2, 0.25) is 0 Å². The summed E-state index contributed by atoms with van der Waals surface area (Å²) in [5.74, 6) is -8.27. The Labute approximate surface area is 255 Å². The summed E-state index contributed by atoms with van der Waals surface area (Å²) in [6.45, 7) is 9.37. The second-order valence-corrected chi connectivity index (χ2v) is 11.4. The second kappa shape index (κ2) is 17.3. The predicted molar refractivity (Wildman–Crippen MR) is 141 cm³/mol. The number of hydrogen-bond acceptors (Lipinski definition) is 8. The van der Waals surface area contributed by atoms with Gasteiger partial charge in [0.05, 0.1) is 11.7 Å². The third kappa shape index (κ3) is 15.9. The van der Waals surface area contributed by atoms with Gasteiger partial charge in [0.25, 0.3) is 0 Å². The zero-order chi connectivity index (χ0) is 34.6. The lowest BCUT2D eigenvalue weighted by Crippen LogP contribution is -2.51. The van der Waals surface area contributed by atoms with Crippen molar-refractivity contribution in [2.75, 3.05) is 52.9 Å². The Morgan fingerprint density at radius 2 is 1.33 bits per heavy atom. The number of hydrogen-bond donors (Lipinski definition) is 3. The first-order valence-corrected chi connectivity index (χ1v) is 14.2. The Morgan fingerprint density at radius 3 is 1.76 bits per heavy atom. The van der Waals surface area contributed by atoms with Crippen molar-refractivity contribution in [2.45, 2.75) is 62.5 Å². The molecule has 10 nitrogen and oxygen atoms in total. The fraction of sp³-hybridized carbons (Fsp3) is 0.720. The maximum absolute atomic E-state index is 10.6. The lowest BCUT2D eigenvalue weighted by atomic mass is 9.90. The van der Waals surface area contributed by atoms with E-state index < -0.39 is 36.4 Å². The van der Waals surface area contributed by atoms with Crippen molar-refractivity contribution in [3.63, 3.8) is 0 Å². The molecule has 0 bridgehead atoms. The van der Waals surface area contributed by atoms with Gasteiger partial charge in [0.1, 0.15) is 0 Å². The number of nitrogens with zero attached hydrogens (tertiary/aromatic N) is 3. The quantitative estimate of drug-likeness (QED) is 0.391. The number of carboxylic acids is 3. The van der Waals surface area contributed by atoms with E-state index in [1.807, 2.05) is 11.3 Å². The minimum Gasteiger partial charge on any atom is -0.475 e. The third-order valence-electron chi connectivity index (χ3n) is 6.72. The zero-order valence-corrected chi connectivity index (χ0v) is 24.7. The molecule has 0 radical (unpaired) electrons. The molecule has 3 fully saturated rings. The Kier molecular flexibility index (Phi) is 15.5. The maximum atomic E-state index is 10.6. The van der Waals surface area contributed by atoms with Crippen molar-refractivity contribution in [3.05, 3.63) is 22.4 Å². The van der Waals surface area contributed by atoms with Crippen LogP contribution in [0.1, 0.15) is 30.6 Å². The van der Waals surface area contributed by atoms with Crippen LogP contribution in [0, 0.1) is 0 Å². The number of carbonyl (C=O) groups is 3. The summed E-state index contributed by atoms with van der Waals surface area (Å²) in [5.41, 5.74) is 0.146. The van der Waals surface area contributed by atoms with Crippen LogP contribution in [0.4, 0.5) is 39.5 Å². The first-order valence-electron chi connectivity index (χ1n) is 13.3. The molecule has 45 heavy (non-hydrogen) atoms. The van der Waals surface area contributed by atoms with Gasteiger partial charge >= 0.3 is 36.4 Å². The number of ether oxygens (including phenoxy) is 1. The van der Waals surface area contributed by atoms with Crippen LogP contribution in [0.15, 0.2) is 17.5 Å². The van der Waals surface area contributed by atoms with Gasteiger partial charge < -0.3 is 25.0 Å². The van der Waals surface area contributed by atoms with Crippen LogP contribution in [0.3, 0.4) is 0 Å². The predicted octanol–water partition coefficient (Wildman–Crippen LogP) is 4.41. The number of alkyl halides is 9. The summed E-state index contributed by atoms with van der Waals surface area (Å²) in [6.07, 6.45) is -9.74. The van der Waals surface area contributed by atoms with E-state index >= 15 is 0 Å². The van der Waals surface area contributed by atoms with Gasteiger partial charge in [0.2, 0.25) is 0 Å². The number of rotatable bonds is 4.